The SMILES string of the molecule is CCCN([C@@H]1CCS(=O)(=O)C1)S(=O)(=O)c1ccccc1. The maximum Gasteiger partial charge on any atom is 0.243 e. The van der Waals surface area contributed by atoms with Crippen molar-refractivity contribution in [2.45, 2.75) is 30.7 Å². The summed E-state index contributed by atoms with van der Waals surface area (Å²) in [6, 6.07) is 7.74. The molecular weight excluding hydrogens is 298 g/mol. The van der Waals surface area contributed by atoms with Crippen molar-refractivity contribution in [1.29, 1.82) is 0 Å². The molecule has 7 heteroatoms. The van der Waals surface area contributed by atoms with Crippen LogP contribution in [0.4, 0.5) is 0 Å². The summed E-state index contributed by atoms with van der Waals surface area (Å²) < 4.78 is 49.8. The highest BCUT2D eigenvalue weighted by Crippen LogP contribution is 2.25. The first-order valence-electron chi connectivity index (χ1n) is 6.64. The normalized spacial score (nSPS) is 22.2. The molecule has 1 atom stereocenters. The average Bonchev–Trinajstić information content (AvgIpc) is 2.77. The Morgan fingerprint density at radius 1 is 1.25 bits per heavy atom. The lowest BCUT2D eigenvalue weighted by Crippen LogP contribution is -2.41. The fourth-order valence-corrected chi connectivity index (χ4v) is 6.04. The molecule has 0 N–H and O–H groups in total. The van der Waals surface area contributed by atoms with Crippen LogP contribution in [-0.4, -0.2) is 45.2 Å². The molecule has 1 aromatic carbocycles. The Morgan fingerprint density at radius 3 is 2.40 bits per heavy atom. The molecule has 5 nitrogen and oxygen atoms in total. The Hall–Kier alpha value is -0.920. The maximum atomic E-state index is 12.7. The van der Waals surface area contributed by atoms with Crippen LogP contribution < -0.4 is 0 Å². The molecule has 0 bridgehead atoms. The summed E-state index contributed by atoms with van der Waals surface area (Å²) in [6.45, 7) is 2.23. The molecule has 0 unspecified atom stereocenters. The van der Waals surface area contributed by atoms with Gasteiger partial charge in [0.1, 0.15) is 0 Å². The van der Waals surface area contributed by atoms with Crippen molar-refractivity contribution in [2.24, 2.45) is 0 Å². The molecule has 2 rings (SSSR count). The Morgan fingerprint density at radius 2 is 1.90 bits per heavy atom. The number of nitrogens with zero attached hydrogens (tertiary/aromatic N) is 1. The monoisotopic (exact) mass is 317 g/mol. The molecule has 1 aromatic rings. The van der Waals surface area contributed by atoms with Crippen LogP contribution in [0.3, 0.4) is 0 Å². The quantitative estimate of drug-likeness (QED) is 0.820. The largest absolute Gasteiger partial charge is 0.243 e. The summed E-state index contributed by atoms with van der Waals surface area (Å²) >= 11 is 0. The van der Waals surface area contributed by atoms with Gasteiger partial charge in [-0.2, -0.15) is 4.31 Å². The van der Waals surface area contributed by atoms with Gasteiger partial charge in [-0.05, 0) is 25.0 Å². The van der Waals surface area contributed by atoms with E-state index in [1.807, 2.05) is 6.92 Å². The van der Waals surface area contributed by atoms with Crippen LogP contribution in [0, 0.1) is 0 Å². The Balaban J connectivity index is 2.34. The number of rotatable bonds is 5. The van der Waals surface area contributed by atoms with Crippen LogP contribution in [0.25, 0.3) is 0 Å². The van der Waals surface area contributed by atoms with Gasteiger partial charge in [0.2, 0.25) is 10.0 Å². The molecule has 1 saturated heterocycles. The van der Waals surface area contributed by atoms with Crippen molar-refractivity contribution >= 4 is 19.9 Å². The molecule has 0 aromatic heterocycles. The van der Waals surface area contributed by atoms with Crippen LogP contribution in [0.15, 0.2) is 35.2 Å². The van der Waals surface area contributed by atoms with Crippen molar-refractivity contribution < 1.29 is 16.8 Å². The highest BCUT2D eigenvalue weighted by atomic mass is 32.2. The Bertz CT molecular complexity index is 653. The predicted octanol–water partition coefficient (Wildman–Crippen LogP) is 1.27. The minimum atomic E-state index is -3.63. The number of benzene rings is 1. The smallest absolute Gasteiger partial charge is 0.229 e. The second-order valence-corrected chi connectivity index (χ2v) is 9.10. The van der Waals surface area contributed by atoms with Crippen LogP contribution in [-0.2, 0) is 19.9 Å². The van der Waals surface area contributed by atoms with E-state index >= 15 is 0 Å². The van der Waals surface area contributed by atoms with E-state index in [4.69, 9.17) is 0 Å². The zero-order chi connectivity index (χ0) is 14.8. The average molecular weight is 317 g/mol. The minimum absolute atomic E-state index is 0.0704. The lowest BCUT2D eigenvalue weighted by atomic mass is 10.2. The summed E-state index contributed by atoms with van der Waals surface area (Å²) in [4.78, 5) is 0.220. The molecule has 1 aliphatic heterocycles. The summed E-state index contributed by atoms with van der Waals surface area (Å²) in [5, 5.41) is 0. The molecule has 1 fully saturated rings. The molecule has 1 heterocycles. The standard InChI is InChI=1S/C13H19NO4S2/c1-2-9-14(12-8-10-19(15,16)11-12)20(17,18)13-6-4-3-5-7-13/h3-7,12H,2,8-11H2,1H3/t12-/m1/s1. The lowest BCUT2D eigenvalue weighted by Gasteiger charge is -2.26. The second kappa shape index (κ2) is 5.83. The van der Waals surface area contributed by atoms with Gasteiger partial charge in [-0.3, -0.25) is 0 Å². The fourth-order valence-electron chi connectivity index (χ4n) is 2.45. The zero-order valence-corrected chi connectivity index (χ0v) is 13.0. The summed E-state index contributed by atoms with van der Waals surface area (Å²) in [5.74, 6) is 0.00124. The third-order valence-electron chi connectivity index (χ3n) is 3.41. The van der Waals surface area contributed by atoms with Gasteiger partial charge < -0.3 is 0 Å². The first-order chi connectivity index (χ1) is 9.37. The number of hydrogen-bond donors (Lipinski definition) is 0. The summed E-state index contributed by atoms with van der Waals surface area (Å²) in [5.41, 5.74) is 0. The highest BCUT2D eigenvalue weighted by molar-refractivity contribution is 7.92. The van der Waals surface area contributed by atoms with Gasteiger partial charge in [0, 0.05) is 12.6 Å². The van der Waals surface area contributed by atoms with Gasteiger partial charge in [0.15, 0.2) is 9.84 Å². The van der Waals surface area contributed by atoms with E-state index in [1.54, 1.807) is 30.3 Å². The third-order valence-corrected chi connectivity index (χ3v) is 7.13. The lowest BCUT2D eigenvalue weighted by molar-refractivity contribution is 0.340. The van der Waals surface area contributed by atoms with E-state index in [2.05, 4.69) is 0 Å². The fraction of sp³-hybridized carbons (Fsp3) is 0.538. The maximum absolute atomic E-state index is 12.7. The van der Waals surface area contributed by atoms with Crippen LogP contribution >= 0.6 is 0 Å². The van der Waals surface area contributed by atoms with Crippen molar-refractivity contribution in [1.82, 2.24) is 4.31 Å². The van der Waals surface area contributed by atoms with Gasteiger partial charge in [-0.15, -0.1) is 0 Å². The van der Waals surface area contributed by atoms with Gasteiger partial charge in [-0.1, -0.05) is 25.1 Å². The number of hydrogen-bond acceptors (Lipinski definition) is 4. The van der Waals surface area contributed by atoms with Crippen molar-refractivity contribution in [2.75, 3.05) is 18.1 Å². The topological polar surface area (TPSA) is 71.5 Å². The van der Waals surface area contributed by atoms with Gasteiger partial charge >= 0.3 is 0 Å². The molecule has 0 spiro atoms. The molecule has 0 amide bonds. The molecule has 112 valence electrons. The number of sulfone groups is 1. The first kappa shape index (κ1) is 15.5. The van der Waals surface area contributed by atoms with Gasteiger partial charge in [0.05, 0.1) is 16.4 Å². The predicted molar refractivity (Wildman–Crippen MR) is 77.7 cm³/mol. The molecule has 0 aliphatic carbocycles. The van der Waals surface area contributed by atoms with E-state index < -0.39 is 25.9 Å². The molecule has 1 aliphatic rings. The second-order valence-electron chi connectivity index (χ2n) is 4.99. The number of sulfonamides is 1. The summed E-state index contributed by atoms with van der Waals surface area (Å²) in [7, 11) is -6.74. The van der Waals surface area contributed by atoms with Crippen LogP contribution in [0.2, 0.25) is 0 Å². The van der Waals surface area contributed by atoms with Crippen molar-refractivity contribution in [3.05, 3.63) is 30.3 Å². The van der Waals surface area contributed by atoms with Gasteiger partial charge in [0.25, 0.3) is 0 Å². The van der Waals surface area contributed by atoms with Crippen LogP contribution in [0.5, 0.6) is 0 Å². The minimum Gasteiger partial charge on any atom is -0.229 e. The molecule has 0 saturated carbocycles. The van der Waals surface area contributed by atoms with E-state index in [9.17, 15) is 16.8 Å². The molecular formula is C13H19NO4S2. The zero-order valence-electron chi connectivity index (χ0n) is 11.4. The van der Waals surface area contributed by atoms with E-state index in [0.717, 1.165) is 0 Å². The molecule has 20 heavy (non-hydrogen) atoms. The summed E-state index contributed by atoms with van der Waals surface area (Å²) in [6.07, 6.45) is 1.04. The van der Waals surface area contributed by atoms with Crippen molar-refractivity contribution in [3.8, 4) is 0 Å². The van der Waals surface area contributed by atoms with E-state index in [-0.39, 0.29) is 16.4 Å². The first-order valence-corrected chi connectivity index (χ1v) is 9.90. The van der Waals surface area contributed by atoms with Crippen LogP contribution in [0.1, 0.15) is 19.8 Å². The van der Waals surface area contributed by atoms with E-state index in [0.29, 0.717) is 19.4 Å². The molecule has 0 radical (unpaired) electrons. The van der Waals surface area contributed by atoms with Gasteiger partial charge in [-0.25, -0.2) is 16.8 Å². The van der Waals surface area contributed by atoms with E-state index in [1.165, 1.54) is 4.31 Å². The highest BCUT2D eigenvalue weighted by Gasteiger charge is 2.38. The third kappa shape index (κ3) is 3.21. The Labute approximate surface area is 120 Å². The van der Waals surface area contributed by atoms with Crippen molar-refractivity contribution in [3.63, 3.8) is 0 Å². The Kier molecular flexibility index (Phi) is 4.51.